The Morgan fingerprint density at radius 3 is 2.60 bits per heavy atom. The van der Waals surface area contributed by atoms with E-state index in [0.29, 0.717) is 13.0 Å². The van der Waals surface area contributed by atoms with Crippen molar-refractivity contribution in [2.45, 2.75) is 31.8 Å². The molecule has 30 heavy (non-hydrogen) atoms. The number of H-pyrrole nitrogens is 1. The van der Waals surface area contributed by atoms with Gasteiger partial charge in [0.25, 0.3) is 0 Å². The van der Waals surface area contributed by atoms with Gasteiger partial charge in [0.15, 0.2) is 0 Å². The first-order valence-corrected chi connectivity index (χ1v) is 10.5. The van der Waals surface area contributed by atoms with Crippen LogP contribution in [-0.2, 0) is 16.0 Å². The number of carbonyl (C=O) groups excluding carboxylic acids is 2. The molecule has 2 aromatic carbocycles. The summed E-state index contributed by atoms with van der Waals surface area (Å²) in [5.74, 6) is 0.808. The summed E-state index contributed by atoms with van der Waals surface area (Å²) in [6.45, 7) is 2.79. The zero-order chi connectivity index (χ0) is 20.8. The molecule has 1 saturated heterocycles. The molecule has 0 aliphatic carbocycles. The lowest BCUT2D eigenvalue weighted by atomic mass is 9.86. The van der Waals surface area contributed by atoms with Gasteiger partial charge in [-0.1, -0.05) is 37.3 Å². The molecule has 6 heteroatoms. The fraction of sp³-hybridized carbons (Fsp3) is 0.333. The van der Waals surface area contributed by atoms with Crippen molar-refractivity contribution < 1.29 is 14.3 Å². The molecule has 3 aromatic rings. The van der Waals surface area contributed by atoms with E-state index in [1.165, 1.54) is 0 Å². The van der Waals surface area contributed by atoms with Crippen molar-refractivity contribution in [3.05, 3.63) is 65.4 Å². The Morgan fingerprint density at radius 1 is 1.10 bits per heavy atom. The van der Waals surface area contributed by atoms with Crippen LogP contribution in [0.3, 0.4) is 0 Å². The molecule has 154 valence electrons. The highest BCUT2D eigenvalue weighted by atomic mass is 16.5. The lowest BCUT2D eigenvalue weighted by Gasteiger charge is -2.47. The number of nitrogens with one attached hydrogen (secondary N) is 1. The molecule has 1 aromatic heterocycles. The Labute approximate surface area is 175 Å². The average molecular weight is 403 g/mol. The first-order valence-electron chi connectivity index (χ1n) is 10.5. The number of hydrogen-bond donors (Lipinski definition) is 1. The van der Waals surface area contributed by atoms with Crippen molar-refractivity contribution in [3.8, 4) is 5.75 Å². The van der Waals surface area contributed by atoms with Crippen molar-refractivity contribution in [2.75, 3.05) is 20.2 Å². The van der Waals surface area contributed by atoms with Crippen molar-refractivity contribution in [2.24, 2.45) is 0 Å². The minimum Gasteiger partial charge on any atom is -0.497 e. The number of aromatic nitrogens is 1. The molecular weight excluding hydrogens is 378 g/mol. The molecule has 2 amide bonds. The highest BCUT2D eigenvalue weighted by Crippen LogP contribution is 2.42. The molecule has 1 fully saturated rings. The minimum atomic E-state index is -0.475. The van der Waals surface area contributed by atoms with Crippen LogP contribution in [0.2, 0.25) is 0 Å². The zero-order valence-corrected chi connectivity index (χ0v) is 17.2. The van der Waals surface area contributed by atoms with E-state index in [1.807, 2.05) is 49.4 Å². The largest absolute Gasteiger partial charge is 0.497 e. The quantitative estimate of drug-likeness (QED) is 0.727. The molecule has 2 atom stereocenters. The van der Waals surface area contributed by atoms with Gasteiger partial charge in [-0.3, -0.25) is 9.59 Å². The second-order valence-corrected chi connectivity index (χ2v) is 8.02. The van der Waals surface area contributed by atoms with Gasteiger partial charge >= 0.3 is 0 Å². The van der Waals surface area contributed by atoms with E-state index in [0.717, 1.165) is 39.9 Å². The molecule has 0 unspecified atom stereocenters. The summed E-state index contributed by atoms with van der Waals surface area (Å²) in [5, 5.41) is 1.12. The van der Waals surface area contributed by atoms with Crippen molar-refractivity contribution >= 4 is 22.7 Å². The Balaban J connectivity index is 1.68. The molecule has 0 radical (unpaired) electrons. The van der Waals surface area contributed by atoms with Gasteiger partial charge in [0, 0.05) is 29.6 Å². The molecule has 2 aliphatic heterocycles. The number of amides is 2. The molecule has 5 rings (SSSR count). The Morgan fingerprint density at radius 2 is 1.87 bits per heavy atom. The molecule has 0 spiro atoms. The number of rotatable bonds is 4. The highest BCUT2D eigenvalue weighted by Gasteiger charge is 2.47. The summed E-state index contributed by atoms with van der Waals surface area (Å²) in [4.78, 5) is 33.7. The first kappa shape index (κ1) is 18.7. The number of para-hydroxylation sites is 1. The van der Waals surface area contributed by atoms with Crippen LogP contribution in [0.15, 0.2) is 48.5 Å². The lowest BCUT2D eigenvalue weighted by Crippen LogP contribution is -2.63. The maximum absolute atomic E-state index is 13.3. The third-order valence-electron chi connectivity index (χ3n) is 6.27. The van der Waals surface area contributed by atoms with Crippen LogP contribution in [-0.4, -0.2) is 52.8 Å². The molecule has 6 nitrogen and oxygen atoms in total. The molecule has 2 aliphatic rings. The predicted molar refractivity (Wildman–Crippen MR) is 114 cm³/mol. The topological polar surface area (TPSA) is 65.6 Å². The number of fused-ring (bicyclic) bond motifs is 4. The Bertz CT molecular complexity index is 1120. The maximum atomic E-state index is 13.3. The van der Waals surface area contributed by atoms with E-state index in [-0.39, 0.29) is 24.4 Å². The molecular formula is C24H25N3O3. The van der Waals surface area contributed by atoms with E-state index >= 15 is 0 Å². The summed E-state index contributed by atoms with van der Waals surface area (Å²) < 4.78 is 5.31. The lowest BCUT2D eigenvalue weighted by molar-refractivity contribution is -0.158. The number of ether oxygens (including phenoxy) is 1. The number of piperazine rings is 1. The van der Waals surface area contributed by atoms with Crippen LogP contribution >= 0.6 is 0 Å². The van der Waals surface area contributed by atoms with Gasteiger partial charge in [-0.15, -0.1) is 0 Å². The highest BCUT2D eigenvalue weighted by molar-refractivity contribution is 5.97. The van der Waals surface area contributed by atoms with E-state index < -0.39 is 6.04 Å². The van der Waals surface area contributed by atoms with E-state index in [1.54, 1.807) is 16.9 Å². The number of aromatic amines is 1. The van der Waals surface area contributed by atoms with Crippen LogP contribution in [0, 0.1) is 0 Å². The van der Waals surface area contributed by atoms with Crippen molar-refractivity contribution in [3.63, 3.8) is 0 Å². The van der Waals surface area contributed by atoms with Crippen molar-refractivity contribution in [1.82, 2.24) is 14.8 Å². The number of methoxy groups -OCH3 is 1. The average Bonchev–Trinajstić information content (AvgIpc) is 3.14. The van der Waals surface area contributed by atoms with Crippen LogP contribution in [0.1, 0.15) is 36.2 Å². The van der Waals surface area contributed by atoms with E-state index in [9.17, 15) is 9.59 Å². The van der Waals surface area contributed by atoms with E-state index in [4.69, 9.17) is 4.74 Å². The monoisotopic (exact) mass is 403 g/mol. The van der Waals surface area contributed by atoms with Crippen LogP contribution in [0.25, 0.3) is 10.9 Å². The molecule has 0 bridgehead atoms. The first-order chi connectivity index (χ1) is 14.6. The van der Waals surface area contributed by atoms with Gasteiger partial charge in [-0.05, 0) is 35.7 Å². The SMILES string of the molecule is CCCN1CC(=O)N2[C@@H](c3ccc(OC)cc3)c3[nH]c4ccccc4c3C[C@H]2C1=O. The fourth-order valence-corrected chi connectivity index (χ4v) is 4.92. The molecule has 0 saturated carbocycles. The van der Waals surface area contributed by atoms with E-state index in [2.05, 4.69) is 11.1 Å². The second-order valence-electron chi connectivity index (χ2n) is 8.02. The van der Waals surface area contributed by atoms with Gasteiger partial charge in [-0.25, -0.2) is 0 Å². The summed E-state index contributed by atoms with van der Waals surface area (Å²) in [6, 6.07) is 15.1. The smallest absolute Gasteiger partial charge is 0.246 e. The summed E-state index contributed by atoms with van der Waals surface area (Å²) >= 11 is 0. The second kappa shape index (κ2) is 7.20. The summed E-state index contributed by atoms with van der Waals surface area (Å²) in [5.41, 5.74) is 4.14. The minimum absolute atomic E-state index is 0.00169. The molecule has 3 heterocycles. The zero-order valence-electron chi connectivity index (χ0n) is 17.2. The summed E-state index contributed by atoms with van der Waals surface area (Å²) in [7, 11) is 1.64. The molecule has 1 N–H and O–H groups in total. The Kier molecular flexibility index (Phi) is 4.50. The number of benzene rings is 2. The third-order valence-corrected chi connectivity index (χ3v) is 6.27. The van der Waals surface area contributed by atoms with Crippen LogP contribution in [0.4, 0.5) is 0 Å². The maximum Gasteiger partial charge on any atom is 0.246 e. The van der Waals surface area contributed by atoms with Gasteiger partial charge in [0.2, 0.25) is 11.8 Å². The third kappa shape index (κ3) is 2.78. The normalized spacial score (nSPS) is 21.0. The predicted octanol–water partition coefficient (Wildman–Crippen LogP) is 3.27. The standard InChI is InChI=1S/C24H25N3O3/c1-3-12-26-14-21(28)27-20(24(26)29)13-18-17-6-4-5-7-19(17)25-22(18)23(27)15-8-10-16(30-2)11-9-15/h4-11,20,23,25H,3,12-14H2,1-2H3/t20-,23-/m0/s1. The van der Waals surface area contributed by atoms with Gasteiger partial charge < -0.3 is 19.5 Å². The number of carbonyl (C=O) groups is 2. The number of nitrogens with zero attached hydrogens (tertiary/aromatic N) is 2. The number of hydrogen-bond acceptors (Lipinski definition) is 3. The summed E-state index contributed by atoms with van der Waals surface area (Å²) in [6.07, 6.45) is 1.38. The fourth-order valence-electron chi connectivity index (χ4n) is 4.92. The van der Waals surface area contributed by atoms with Gasteiger partial charge in [-0.2, -0.15) is 0 Å². The van der Waals surface area contributed by atoms with Crippen LogP contribution < -0.4 is 4.74 Å². The Hall–Kier alpha value is -3.28. The van der Waals surface area contributed by atoms with Crippen LogP contribution in [0.5, 0.6) is 5.75 Å². The van der Waals surface area contributed by atoms with Gasteiger partial charge in [0.1, 0.15) is 11.8 Å². The van der Waals surface area contributed by atoms with Gasteiger partial charge in [0.05, 0.1) is 19.7 Å². The van der Waals surface area contributed by atoms with Crippen molar-refractivity contribution in [1.29, 1.82) is 0 Å².